The molecule has 1 saturated heterocycles. The van der Waals surface area contributed by atoms with Crippen LogP contribution in [0.1, 0.15) is 25.2 Å². The highest BCUT2D eigenvalue weighted by molar-refractivity contribution is 7.08. The van der Waals surface area contributed by atoms with Gasteiger partial charge >= 0.3 is 0 Å². The van der Waals surface area contributed by atoms with E-state index in [1.54, 1.807) is 11.3 Å². The minimum absolute atomic E-state index is 0.108. The normalized spacial score (nSPS) is 18.9. The number of aryl methyl sites for hydroxylation is 1. The number of hydrogen-bond acceptors (Lipinski definition) is 6. The number of aromatic nitrogens is 2. The third kappa shape index (κ3) is 3.48. The van der Waals surface area contributed by atoms with E-state index in [2.05, 4.69) is 10.1 Å². The lowest BCUT2D eigenvalue weighted by Gasteiger charge is -2.30. The zero-order chi connectivity index (χ0) is 14.7. The molecule has 3 rings (SSSR count). The molecule has 1 unspecified atom stereocenters. The molecule has 0 saturated carbocycles. The highest BCUT2D eigenvalue weighted by Gasteiger charge is 2.21. The molecular formula is C14H18N4O2S. The Balaban J connectivity index is 1.54. The summed E-state index contributed by atoms with van der Waals surface area (Å²) in [5.41, 5.74) is 6.84. The molecule has 0 spiro atoms. The fraction of sp³-hybridized carbons (Fsp3) is 0.500. The van der Waals surface area contributed by atoms with Gasteiger partial charge in [-0.2, -0.15) is 16.3 Å². The van der Waals surface area contributed by atoms with E-state index in [-0.39, 0.29) is 11.9 Å². The molecule has 1 aliphatic heterocycles. The molecule has 3 heterocycles. The Hall–Kier alpha value is -1.73. The van der Waals surface area contributed by atoms with Crippen LogP contribution in [0.2, 0.25) is 0 Å². The molecule has 0 aliphatic carbocycles. The van der Waals surface area contributed by atoms with E-state index < -0.39 is 0 Å². The standard InChI is InChI=1S/C14H18N4O2S/c15-11-2-1-6-18(8-11)13(19)4-3-12-16-14(17-20-12)10-5-7-21-9-10/h5,7,9,11H,1-4,6,8,15H2. The maximum absolute atomic E-state index is 12.1. The SMILES string of the molecule is NC1CCCN(C(=O)CCc2nc(-c3ccsc3)no2)C1. The van der Waals surface area contributed by atoms with Crippen LogP contribution in [0.3, 0.4) is 0 Å². The fourth-order valence-electron chi connectivity index (χ4n) is 2.47. The summed E-state index contributed by atoms with van der Waals surface area (Å²) in [6.45, 7) is 1.46. The van der Waals surface area contributed by atoms with E-state index in [9.17, 15) is 4.79 Å². The Kier molecular flexibility index (Phi) is 4.31. The number of rotatable bonds is 4. The van der Waals surface area contributed by atoms with Gasteiger partial charge in [-0.3, -0.25) is 4.79 Å². The Labute approximate surface area is 126 Å². The first kappa shape index (κ1) is 14.2. The van der Waals surface area contributed by atoms with E-state index in [0.717, 1.165) is 24.9 Å². The summed E-state index contributed by atoms with van der Waals surface area (Å²) in [7, 11) is 0. The number of likely N-dealkylation sites (tertiary alicyclic amines) is 1. The van der Waals surface area contributed by atoms with Crippen molar-refractivity contribution in [2.75, 3.05) is 13.1 Å². The Morgan fingerprint density at radius 2 is 2.48 bits per heavy atom. The van der Waals surface area contributed by atoms with E-state index >= 15 is 0 Å². The average molecular weight is 306 g/mol. The van der Waals surface area contributed by atoms with Crippen LogP contribution < -0.4 is 5.73 Å². The van der Waals surface area contributed by atoms with Crippen molar-refractivity contribution in [2.24, 2.45) is 5.73 Å². The minimum atomic E-state index is 0.108. The fourth-order valence-corrected chi connectivity index (χ4v) is 3.11. The van der Waals surface area contributed by atoms with Crippen LogP contribution in [0, 0.1) is 0 Å². The van der Waals surface area contributed by atoms with Crippen LogP contribution in [-0.2, 0) is 11.2 Å². The highest BCUT2D eigenvalue weighted by Crippen LogP contribution is 2.19. The molecule has 21 heavy (non-hydrogen) atoms. The summed E-state index contributed by atoms with van der Waals surface area (Å²) in [5, 5.41) is 7.87. The van der Waals surface area contributed by atoms with Crippen LogP contribution in [0.4, 0.5) is 0 Å². The second-order valence-electron chi connectivity index (χ2n) is 5.27. The van der Waals surface area contributed by atoms with Gasteiger partial charge < -0.3 is 15.2 Å². The lowest BCUT2D eigenvalue weighted by atomic mass is 10.1. The summed E-state index contributed by atoms with van der Waals surface area (Å²) >= 11 is 1.59. The predicted molar refractivity (Wildman–Crippen MR) is 79.7 cm³/mol. The number of thiophene rings is 1. The quantitative estimate of drug-likeness (QED) is 0.929. The Morgan fingerprint density at radius 3 is 3.24 bits per heavy atom. The topological polar surface area (TPSA) is 85.2 Å². The average Bonchev–Trinajstić information content (AvgIpc) is 3.15. The second kappa shape index (κ2) is 6.36. The van der Waals surface area contributed by atoms with Gasteiger partial charge in [-0.15, -0.1) is 0 Å². The smallest absolute Gasteiger partial charge is 0.227 e. The van der Waals surface area contributed by atoms with Crippen molar-refractivity contribution in [1.82, 2.24) is 15.0 Å². The van der Waals surface area contributed by atoms with E-state index in [1.807, 2.05) is 21.7 Å². The maximum atomic E-state index is 12.1. The number of nitrogens with two attached hydrogens (primary N) is 1. The monoisotopic (exact) mass is 306 g/mol. The van der Waals surface area contributed by atoms with Crippen molar-refractivity contribution in [3.05, 3.63) is 22.7 Å². The van der Waals surface area contributed by atoms with Gasteiger partial charge in [0, 0.05) is 42.9 Å². The van der Waals surface area contributed by atoms with Gasteiger partial charge in [-0.1, -0.05) is 5.16 Å². The minimum Gasteiger partial charge on any atom is -0.341 e. The molecule has 1 aliphatic rings. The molecule has 1 fully saturated rings. The molecule has 112 valence electrons. The first-order valence-corrected chi connectivity index (χ1v) is 8.05. The van der Waals surface area contributed by atoms with Gasteiger partial charge in [-0.25, -0.2) is 0 Å². The van der Waals surface area contributed by atoms with E-state index in [0.29, 0.717) is 31.1 Å². The molecular weight excluding hydrogens is 288 g/mol. The summed E-state index contributed by atoms with van der Waals surface area (Å²) in [6.07, 6.45) is 2.84. The van der Waals surface area contributed by atoms with Gasteiger partial charge in [0.1, 0.15) is 0 Å². The molecule has 7 heteroatoms. The summed E-state index contributed by atoms with van der Waals surface area (Å²) in [4.78, 5) is 18.3. The van der Waals surface area contributed by atoms with Crippen molar-refractivity contribution < 1.29 is 9.32 Å². The van der Waals surface area contributed by atoms with Crippen molar-refractivity contribution in [1.29, 1.82) is 0 Å². The van der Waals surface area contributed by atoms with Gasteiger partial charge in [-0.05, 0) is 24.3 Å². The van der Waals surface area contributed by atoms with Gasteiger partial charge in [0.15, 0.2) is 0 Å². The summed E-state index contributed by atoms with van der Waals surface area (Å²) in [6, 6.07) is 2.05. The summed E-state index contributed by atoms with van der Waals surface area (Å²) in [5.74, 6) is 1.20. The molecule has 1 amide bonds. The van der Waals surface area contributed by atoms with Crippen LogP contribution >= 0.6 is 11.3 Å². The molecule has 2 aromatic rings. The number of nitrogens with zero attached hydrogens (tertiary/aromatic N) is 3. The van der Waals surface area contributed by atoms with Gasteiger partial charge in [0.25, 0.3) is 0 Å². The molecule has 0 aromatic carbocycles. The second-order valence-corrected chi connectivity index (χ2v) is 6.05. The van der Waals surface area contributed by atoms with Crippen LogP contribution in [0.15, 0.2) is 21.3 Å². The predicted octanol–water partition coefficient (Wildman–Crippen LogP) is 1.68. The van der Waals surface area contributed by atoms with Crippen LogP contribution in [-0.4, -0.2) is 40.1 Å². The molecule has 6 nitrogen and oxygen atoms in total. The van der Waals surface area contributed by atoms with Crippen molar-refractivity contribution in [2.45, 2.75) is 31.7 Å². The third-order valence-electron chi connectivity index (χ3n) is 3.61. The Morgan fingerprint density at radius 1 is 1.57 bits per heavy atom. The molecule has 2 aromatic heterocycles. The van der Waals surface area contributed by atoms with Crippen LogP contribution in [0.25, 0.3) is 11.4 Å². The van der Waals surface area contributed by atoms with Crippen molar-refractivity contribution in [3.8, 4) is 11.4 Å². The first-order chi connectivity index (χ1) is 10.2. The van der Waals surface area contributed by atoms with Crippen molar-refractivity contribution >= 4 is 17.2 Å². The first-order valence-electron chi connectivity index (χ1n) is 7.11. The third-order valence-corrected chi connectivity index (χ3v) is 4.29. The van der Waals surface area contributed by atoms with Crippen LogP contribution in [0.5, 0.6) is 0 Å². The lowest BCUT2D eigenvalue weighted by Crippen LogP contribution is -2.45. The van der Waals surface area contributed by atoms with Gasteiger partial charge in [0.2, 0.25) is 17.6 Å². The number of hydrogen-bond donors (Lipinski definition) is 1. The highest BCUT2D eigenvalue weighted by atomic mass is 32.1. The van der Waals surface area contributed by atoms with E-state index in [4.69, 9.17) is 10.3 Å². The zero-order valence-electron chi connectivity index (χ0n) is 11.7. The summed E-state index contributed by atoms with van der Waals surface area (Å²) < 4.78 is 5.20. The van der Waals surface area contributed by atoms with Crippen molar-refractivity contribution in [3.63, 3.8) is 0 Å². The Bertz CT molecular complexity index is 596. The molecule has 0 bridgehead atoms. The molecule has 1 atom stereocenters. The lowest BCUT2D eigenvalue weighted by molar-refractivity contribution is -0.132. The zero-order valence-corrected chi connectivity index (χ0v) is 12.5. The largest absolute Gasteiger partial charge is 0.341 e. The number of carbonyl (C=O) groups excluding carboxylic acids is 1. The molecule has 0 radical (unpaired) electrons. The number of amides is 1. The van der Waals surface area contributed by atoms with Gasteiger partial charge in [0.05, 0.1) is 0 Å². The maximum Gasteiger partial charge on any atom is 0.227 e. The number of piperidine rings is 1. The number of carbonyl (C=O) groups is 1. The van der Waals surface area contributed by atoms with E-state index in [1.165, 1.54) is 0 Å². The molecule has 2 N–H and O–H groups in total.